The van der Waals surface area contributed by atoms with E-state index in [1.807, 2.05) is 6.92 Å². The number of sulfonamides is 1. The predicted octanol–water partition coefficient (Wildman–Crippen LogP) is 2.29. The Hall–Kier alpha value is 0.340. The standard InChI is InChI=1S/C10H15BrN2O2S2.ClH/c1-7(12)8-2-4-13(6-8)17(14,15)10-9(11)3-5-16-10;/h3,5,7-8H,2,4,6,12H2,1H3;1H. The first kappa shape index (κ1) is 16.4. The maximum atomic E-state index is 12.4. The van der Waals surface area contributed by atoms with Crippen molar-refractivity contribution in [2.75, 3.05) is 13.1 Å². The van der Waals surface area contributed by atoms with E-state index >= 15 is 0 Å². The second-order valence-electron chi connectivity index (χ2n) is 4.33. The van der Waals surface area contributed by atoms with E-state index in [1.165, 1.54) is 15.6 Å². The van der Waals surface area contributed by atoms with E-state index in [-0.39, 0.29) is 24.4 Å². The fourth-order valence-corrected chi connectivity index (χ4v) is 5.94. The minimum Gasteiger partial charge on any atom is -0.328 e. The molecule has 1 saturated heterocycles. The number of thiophene rings is 1. The van der Waals surface area contributed by atoms with E-state index in [4.69, 9.17) is 5.73 Å². The van der Waals surface area contributed by atoms with Crippen molar-refractivity contribution in [2.45, 2.75) is 23.6 Å². The minimum absolute atomic E-state index is 0. The monoisotopic (exact) mass is 374 g/mol. The molecular formula is C10H16BrClN2O2S2. The van der Waals surface area contributed by atoms with Crippen molar-refractivity contribution in [3.63, 3.8) is 0 Å². The fourth-order valence-electron chi connectivity index (χ4n) is 1.98. The van der Waals surface area contributed by atoms with E-state index in [1.54, 1.807) is 11.4 Å². The van der Waals surface area contributed by atoms with Crippen LogP contribution in [0.5, 0.6) is 0 Å². The molecule has 8 heteroatoms. The van der Waals surface area contributed by atoms with Crippen LogP contribution in [-0.4, -0.2) is 31.9 Å². The topological polar surface area (TPSA) is 63.4 Å². The van der Waals surface area contributed by atoms with Crippen LogP contribution in [0.1, 0.15) is 13.3 Å². The summed E-state index contributed by atoms with van der Waals surface area (Å²) in [5, 5.41) is 1.77. The van der Waals surface area contributed by atoms with Gasteiger partial charge in [0, 0.05) is 23.6 Å². The Kier molecular flexibility index (Phi) is 5.64. The first-order valence-electron chi connectivity index (χ1n) is 5.41. The molecule has 0 amide bonds. The normalized spacial score (nSPS) is 22.7. The molecule has 1 aromatic rings. The van der Waals surface area contributed by atoms with Crippen molar-refractivity contribution in [1.29, 1.82) is 0 Å². The summed E-state index contributed by atoms with van der Waals surface area (Å²) >= 11 is 4.52. The summed E-state index contributed by atoms with van der Waals surface area (Å²) in [6.45, 7) is 3.03. The van der Waals surface area contributed by atoms with Gasteiger partial charge in [0.15, 0.2) is 0 Å². The van der Waals surface area contributed by atoms with E-state index in [0.717, 1.165) is 6.42 Å². The molecular weight excluding hydrogens is 360 g/mol. The molecule has 1 aromatic heterocycles. The Balaban J connectivity index is 0.00000162. The average molecular weight is 376 g/mol. The summed E-state index contributed by atoms with van der Waals surface area (Å²) in [6, 6.07) is 1.80. The van der Waals surface area contributed by atoms with Gasteiger partial charge in [-0.05, 0) is 46.6 Å². The highest BCUT2D eigenvalue weighted by molar-refractivity contribution is 9.10. The van der Waals surface area contributed by atoms with Crippen molar-refractivity contribution in [3.8, 4) is 0 Å². The zero-order valence-electron chi connectivity index (χ0n) is 9.87. The Bertz CT molecular complexity index is 504. The molecule has 1 aliphatic heterocycles. The lowest BCUT2D eigenvalue weighted by molar-refractivity contribution is 0.429. The highest BCUT2D eigenvalue weighted by atomic mass is 79.9. The zero-order valence-corrected chi connectivity index (χ0v) is 13.9. The van der Waals surface area contributed by atoms with Crippen LogP contribution in [0.25, 0.3) is 0 Å². The summed E-state index contributed by atoms with van der Waals surface area (Å²) < 4.78 is 27.3. The molecule has 0 aliphatic carbocycles. The highest BCUT2D eigenvalue weighted by Gasteiger charge is 2.35. The van der Waals surface area contributed by atoms with Crippen LogP contribution in [0, 0.1) is 5.92 Å². The van der Waals surface area contributed by atoms with E-state index < -0.39 is 10.0 Å². The molecule has 0 bridgehead atoms. The SMILES string of the molecule is CC(N)C1CCN(S(=O)(=O)c2sccc2Br)C1.Cl. The third kappa shape index (κ3) is 3.08. The van der Waals surface area contributed by atoms with Crippen LogP contribution in [0.15, 0.2) is 20.1 Å². The molecule has 4 nitrogen and oxygen atoms in total. The largest absolute Gasteiger partial charge is 0.328 e. The van der Waals surface area contributed by atoms with Crippen molar-refractivity contribution in [1.82, 2.24) is 4.31 Å². The molecule has 0 spiro atoms. The highest BCUT2D eigenvalue weighted by Crippen LogP contribution is 2.33. The molecule has 2 rings (SSSR count). The van der Waals surface area contributed by atoms with Crippen LogP contribution in [0.3, 0.4) is 0 Å². The molecule has 2 unspecified atom stereocenters. The summed E-state index contributed by atoms with van der Waals surface area (Å²) in [7, 11) is -3.34. The number of rotatable bonds is 3. The molecule has 0 aromatic carbocycles. The van der Waals surface area contributed by atoms with E-state index in [9.17, 15) is 8.42 Å². The summed E-state index contributed by atoms with van der Waals surface area (Å²) in [5.41, 5.74) is 5.82. The molecule has 0 radical (unpaired) electrons. The summed E-state index contributed by atoms with van der Waals surface area (Å²) in [5.74, 6) is 0.267. The Morgan fingerprint density at radius 1 is 1.61 bits per heavy atom. The van der Waals surface area contributed by atoms with Gasteiger partial charge in [-0.3, -0.25) is 0 Å². The van der Waals surface area contributed by atoms with Crippen molar-refractivity contribution >= 4 is 49.7 Å². The fraction of sp³-hybridized carbons (Fsp3) is 0.600. The van der Waals surface area contributed by atoms with Gasteiger partial charge in [0.1, 0.15) is 4.21 Å². The average Bonchev–Trinajstić information content (AvgIpc) is 2.84. The molecule has 0 saturated carbocycles. The van der Waals surface area contributed by atoms with Crippen LogP contribution in [0.2, 0.25) is 0 Å². The quantitative estimate of drug-likeness (QED) is 0.881. The molecule has 1 fully saturated rings. The van der Waals surface area contributed by atoms with E-state index in [0.29, 0.717) is 21.8 Å². The van der Waals surface area contributed by atoms with Crippen LogP contribution >= 0.6 is 39.7 Å². The molecule has 18 heavy (non-hydrogen) atoms. The van der Waals surface area contributed by atoms with Gasteiger partial charge in [0.05, 0.1) is 0 Å². The molecule has 104 valence electrons. The van der Waals surface area contributed by atoms with Crippen LogP contribution < -0.4 is 5.73 Å². The maximum absolute atomic E-state index is 12.4. The van der Waals surface area contributed by atoms with Gasteiger partial charge < -0.3 is 5.73 Å². The molecule has 1 aliphatic rings. The number of hydrogen-bond donors (Lipinski definition) is 1. The van der Waals surface area contributed by atoms with Crippen LogP contribution in [0.4, 0.5) is 0 Å². The predicted molar refractivity (Wildman–Crippen MR) is 79.8 cm³/mol. The van der Waals surface area contributed by atoms with Crippen molar-refractivity contribution in [2.24, 2.45) is 11.7 Å². The third-order valence-electron chi connectivity index (χ3n) is 3.09. The van der Waals surface area contributed by atoms with Crippen molar-refractivity contribution in [3.05, 3.63) is 15.9 Å². The van der Waals surface area contributed by atoms with Gasteiger partial charge in [-0.2, -0.15) is 4.31 Å². The first-order chi connectivity index (χ1) is 7.93. The van der Waals surface area contributed by atoms with Gasteiger partial charge in [0.2, 0.25) is 0 Å². The summed E-state index contributed by atoms with van der Waals surface area (Å²) in [6.07, 6.45) is 0.847. The second-order valence-corrected chi connectivity index (χ2v) is 8.23. The second kappa shape index (κ2) is 6.19. The van der Waals surface area contributed by atoms with Crippen LogP contribution in [-0.2, 0) is 10.0 Å². The van der Waals surface area contributed by atoms with Gasteiger partial charge in [-0.15, -0.1) is 23.7 Å². The minimum atomic E-state index is -3.34. The van der Waals surface area contributed by atoms with Gasteiger partial charge >= 0.3 is 0 Å². The van der Waals surface area contributed by atoms with Gasteiger partial charge in [0.25, 0.3) is 10.0 Å². The lowest BCUT2D eigenvalue weighted by atomic mass is 10.0. The Morgan fingerprint density at radius 2 is 2.28 bits per heavy atom. The first-order valence-corrected chi connectivity index (χ1v) is 8.53. The zero-order chi connectivity index (χ0) is 12.6. The smallest absolute Gasteiger partial charge is 0.253 e. The molecule has 2 atom stereocenters. The molecule has 2 heterocycles. The van der Waals surface area contributed by atoms with E-state index in [2.05, 4.69) is 15.9 Å². The number of nitrogens with zero attached hydrogens (tertiary/aromatic N) is 1. The number of hydrogen-bond acceptors (Lipinski definition) is 4. The number of halogens is 2. The number of nitrogens with two attached hydrogens (primary N) is 1. The van der Waals surface area contributed by atoms with Gasteiger partial charge in [-0.1, -0.05) is 0 Å². The Morgan fingerprint density at radius 3 is 2.72 bits per heavy atom. The lowest BCUT2D eigenvalue weighted by Crippen LogP contribution is -2.32. The third-order valence-corrected chi connectivity index (χ3v) is 7.60. The van der Waals surface area contributed by atoms with Crippen molar-refractivity contribution < 1.29 is 8.42 Å². The molecule has 2 N–H and O–H groups in total. The maximum Gasteiger partial charge on any atom is 0.253 e. The Labute approximate surface area is 126 Å². The lowest BCUT2D eigenvalue weighted by Gasteiger charge is -2.17. The summed E-state index contributed by atoms with van der Waals surface area (Å²) in [4.78, 5) is 0. The van der Waals surface area contributed by atoms with Gasteiger partial charge in [-0.25, -0.2) is 8.42 Å².